The van der Waals surface area contributed by atoms with Crippen molar-refractivity contribution in [1.29, 1.82) is 0 Å². The number of halogens is 1. The second kappa shape index (κ2) is 5.24. The molecular weight excluding hydrogens is 199 g/mol. The van der Waals surface area contributed by atoms with Gasteiger partial charge in [-0.15, -0.1) is 0 Å². The molecule has 1 aromatic carbocycles. The quantitative estimate of drug-likeness (QED) is 0.758. The first-order valence-corrected chi connectivity index (χ1v) is 4.61. The predicted molar refractivity (Wildman–Crippen MR) is 52.2 cm³/mol. The molecule has 1 N–H and O–H groups in total. The lowest BCUT2D eigenvalue weighted by atomic mass is 10.1. The van der Waals surface area contributed by atoms with Crippen LogP contribution in [0.5, 0.6) is 0 Å². The SMILES string of the molecule is O=C(O)CCCC(=O)c1ccccc1F. The van der Waals surface area contributed by atoms with Crippen molar-refractivity contribution in [3.8, 4) is 0 Å². The summed E-state index contributed by atoms with van der Waals surface area (Å²) in [5.74, 6) is -1.86. The minimum absolute atomic E-state index is 0.0305. The highest BCUT2D eigenvalue weighted by Gasteiger charge is 2.10. The molecule has 0 aliphatic carbocycles. The van der Waals surface area contributed by atoms with Gasteiger partial charge in [0, 0.05) is 12.8 Å². The second-order valence-corrected chi connectivity index (χ2v) is 3.15. The van der Waals surface area contributed by atoms with Crippen molar-refractivity contribution in [2.24, 2.45) is 0 Å². The van der Waals surface area contributed by atoms with E-state index in [1.54, 1.807) is 6.07 Å². The lowest BCUT2D eigenvalue weighted by molar-refractivity contribution is -0.137. The van der Waals surface area contributed by atoms with Gasteiger partial charge in [0.2, 0.25) is 0 Å². The zero-order valence-electron chi connectivity index (χ0n) is 8.07. The number of rotatable bonds is 5. The molecule has 0 unspecified atom stereocenters. The molecule has 1 aromatic rings. The first kappa shape index (κ1) is 11.4. The summed E-state index contributed by atoms with van der Waals surface area (Å²) in [7, 11) is 0. The molecule has 0 amide bonds. The molecule has 0 atom stereocenters. The summed E-state index contributed by atoms with van der Waals surface area (Å²) in [5.41, 5.74) is 0.0305. The zero-order chi connectivity index (χ0) is 11.3. The number of carbonyl (C=O) groups is 2. The number of hydrogen-bond acceptors (Lipinski definition) is 2. The summed E-state index contributed by atoms with van der Waals surface area (Å²) in [6, 6.07) is 5.69. The minimum atomic E-state index is -0.948. The highest BCUT2D eigenvalue weighted by Crippen LogP contribution is 2.11. The van der Waals surface area contributed by atoms with Gasteiger partial charge in [0.15, 0.2) is 5.78 Å². The van der Waals surface area contributed by atoms with Crippen LogP contribution < -0.4 is 0 Å². The normalized spacial score (nSPS) is 9.93. The number of benzene rings is 1. The molecule has 0 aromatic heterocycles. The van der Waals surface area contributed by atoms with Crippen LogP contribution in [0.2, 0.25) is 0 Å². The lowest BCUT2D eigenvalue weighted by Gasteiger charge is -2.00. The molecule has 15 heavy (non-hydrogen) atoms. The molecule has 4 heteroatoms. The van der Waals surface area contributed by atoms with Crippen LogP contribution in [-0.4, -0.2) is 16.9 Å². The van der Waals surface area contributed by atoms with E-state index in [4.69, 9.17) is 5.11 Å². The van der Waals surface area contributed by atoms with Crippen LogP contribution in [0.15, 0.2) is 24.3 Å². The molecule has 0 radical (unpaired) electrons. The van der Waals surface area contributed by atoms with Crippen LogP contribution in [0.1, 0.15) is 29.6 Å². The number of hydrogen-bond donors (Lipinski definition) is 1. The van der Waals surface area contributed by atoms with E-state index in [1.165, 1.54) is 18.2 Å². The summed E-state index contributed by atoms with van der Waals surface area (Å²) in [6.45, 7) is 0. The monoisotopic (exact) mass is 210 g/mol. The average molecular weight is 210 g/mol. The van der Waals surface area contributed by atoms with E-state index in [2.05, 4.69) is 0 Å². The number of ketones is 1. The van der Waals surface area contributed by atoms with Crippen molar-refractivity contribution in [3.63, 3.8) is 0 Å². The Labute approximate surface area is 86.5 Å². The molecule has 3 nitrogen and oxygen atoms in total. The highest BCUT2D eigenvalue weighted by atomic mass is 19.1. The first-order valence-electron chi connectivity index (χ1n) is 4.61. The maximum Gasteiger partial charge on any atom is 0.303 e. The van der Waals surface area contributed by atoms with Crippen molar-refractivity contribution in [2.75, 3.05) is 0 Å². The molecule has 0 saturated heterocycles. The molecule has 0 saturated carbocycles. The fraction of sp³-hybridized carbons (Fsp3) is 0.273. The summed E-state index contributed by atoms with van der Waals surface area (Å²) < 4.78 is 13.1. The van der Waals surface area contributed by atoms with E-state index in [1.807, 2.05) is 0 Å². The summed E-state index contributed by atoms with van der Waals surface area (Å²) in [5, 5.41) is 8.37. The Morgan fingerprint density at radius 2 is 1.87 bits per heavy atom. The van der Waals surface area contributed by atoms with Crippen LogP contribution in [0.25, 0.3) is 0 Å². The molecular formula is C11H11FO3. The van der Waals surface area contributed by atoms with Crippen molar-refractivity contribution in [1.82, 2.24) is 0 Å². The Morgan fingerprint density at radius 1 is 1.20 bits per heavy atom. The Hall–Kier alpha value is -1.71. The van der Waals surface area contributed by atoms with Gasteiger partial charge in [-0.1, -0.05) is 12.1 Å². The van der Waals surface area contributed by atoms with Crippen LogP contribution in [0.3, 0.4) is 0 Å². The van der Waals surface area contributed by atoms with Crippen LogP contribution in [-0.2, 0) is 4.79 Å². The van der Waals surface area contributed by atoms with E-state index in [0.29, 0.717) is 0 Å². The second-order valence-electron chi connectivity index (χ2n) is 3.15. The Kier molecular flexibility index (Phi) is 3.97. The van der Waals surface area contributed by atoms with Crippen molar-refractivity contribution in [2.45, 2.75) is 19.3 Å². The molecule has 0 aliphatic rings. The van der Waals surface area contributed by atoms with Gasteiger partial charge in [-0.2, -0.15) is 0 Å². The van der Waals surface area contributed by atoms with Gasteiger partial charge in [-0.05, 0) is 18.6 Å². The molecule has 0 aliphatic heterocycles. The van der Waals surface area contributed by atoms with Crippen LogP contribution in [0.4, 0.5) is 4.39 Å². The maximum absolute atomic E-state index is 13.1. The Balaban J connectivity index is 2.54. The topological polar surface area (TPSA) is 54.4 Å². The van der Waals surface area contributed by atoms with Gasteiger partial charge in [-0.3, -0.25) is 9.59 Å². The van der Waals surface area contributed by atoms with E-state index in [-0.39, 0.29) is 30.6 Å². The van der Waals surface area contributed by atoms with E-state index < -0.39 is 11.8 Å². The molecule has 0 spiro atoms. The van der Waals surface area contributed by atoms with E-state index >= 15 is 0 Å². The largest absolute Gasteiger partial charge is 0.481 e. The third-order valence-corrected chi connectivity index (χ3v) is 1.97. The van der Waals surface area contributed by atoms with Crippen LogP contribution in [0, 0.1) is 5.82 Å². The third kappa shape index (κ3) is 3.50. The average Bonchev–Trinajstić information content (AvgIpc) is 2.17. The first-order chi connectivity index (χ1) is 7.11. The Bertz CT molecular complexity index is 374. The van der Waals surface area contributed by atoms with E-state index in [0.717, 1.165) is 0 Å². The maximum atomic E-state index is 13.1. The third-order valence-electron chi connectivity index (χ3n) is 1.97. The van der Waals surface area contributed by atoms with Gasteiger partial charge in [0.1, 0.15) is 5.82 Å². The molecule has 0 bridgehead atoms. The number of carboxylic acid groups (broad SMARTS) is 1. The fourth-order valence-electron chi connectivity index (χ4n) is 1.22. The molecule has 0 heterocycles. The van der Waals surface area contributed by atoms with Crippen molar-refractivity contribution >= 4 is 11.8 Å². The zero-order valence-corrected chi connectivity index (χ0v) is 8.07. The number of aliphatic carboxylic acids is 1. The van der Waals surface area contributed by atoms with Crippen molar-refractivity contribution in [3.05, 3.63) is 35.6 Å². The summed E-state index contributed by atoms with van der Waals surface area (Å²) in [6.07, 6.45) is 0.232. The van der Waals surface area contributed by atoms with Gasteiger partial charge < -0.3 is 5.11 Å². The molecule has 80 valence electrons. The van der Waals surface area contributed by atoms with Gasteiger partial charge in [-0.25, -0.2) is 4.39 Å². The molecule has 0 fully saturated rings. The Morgan fingerprint density at radius 3 is 2.47 bits per heavy atom. The summed E-state index contributed by atoms with van der Waals surface area (Å²) >= 11 is 0. The van der Waals surface area contributed by atoms with Gasteiger partial charge in [0.25, 0.3) is 0 Å². The fourth-order valence-corrected chi connectivity index (χ4v) is 1.22. The van der Waals surface area contributed by atoms with Gasteiger partial charge in [0.05, 0.1) is 5.56 Å². The van der Waals surface area contributed by atoms with Crippen molar-refractivity contribution < 1.29 is 19.1 Å². The predicted octanol–water partition coefficient (Wildman–Crippen LogP) is 2.26. The van der Waals surface area contributed by atoms with Gasteiger partial charge >= 0.3 is 5.97 Å². The van der Waals surface area contributed by atoms with Crippen LogP contribution >= 0.6 is 0 Å². The lowest BCUT2D eigenvalue weighted by Crippen LogP contribution is -2.03. The van der Waals surface area contributed by atoms with E-state index in [9.17, 15) is 14.0 Å². The standard InChI is InChI=1S/C11H11FO3/c12-9-5-2-1-4-8(9)10(13)6-3-7-11(14)15/h1-2,4-5H,3,6-7H2,(H,14,15). The highest BCUT2D eigenvalue weighted by molar-refractivity contribution is 5.96. The summed E-state index contributed by atoms with van der Waals surface area (Å²) in [4.78, 5) is 21.6. The number of carbonyl (C=O) groups excluding carboxylic acids is 1. The number of Topliss-reactive ketones (excluding diaryl/α,β-unsaturated/α-hetero) is 1. The minimum Gasteiger partial charge on any atom is -0.481 e. The molecule has 1 rings (SSSR count). The smallest absolute Gasteiger partial charge is 0.303 e. The number of carboxylic acids is 1.